The molecule has 0 aromatic rings. The van der Waals surface area contributed by atoms with Gasteiger partial charge in [0.25, 0.3) is 0 Å². The first-order valence-electron chi connectivity index (χ1n) is 26.5. The number of carbonyl (C=O) groups excluding carboxylic acids is 2. The second kappa shape index (κ2) is 29.3. The number of carbonyl (C=O) groups is 2. The van der Waals surface area contributed by atoms with Crippen LogP contribution in [0.2, 0.25) is 0 Å². The van der Waals surface area contributed by atoms with Crippen LogP contribution in [-0.4, -0.2) is 368 Å². The molecule has 37 heteroatoms. The predicted molar refractivity (Wildman–Crippen MR) is 254 cm³/mol. The van der Waals surface area contributed by atoms with Crippen LogP contribution in [-0.2, 0) is 71.2 Å². The van der Waals surface area contributed by atoms with Crippen LogP contribution in [0.5, 0.6) is 0 Å². The van der Waals surface area contributed by atoms with E-state index in [2.05, 4.69) is 10.6 Å². The summed E-state index contributed by atoms with van der Waals surface area (Å²) < 4.78 is 75.6. The van der Waals surface area contributed by atoms with Gasteiger partial charge in [0.15, 0.2) is 44.0 Å². The molecule has 482 valence electrons. The number of nitrogens with one attached hydrogen (secondary N) is 2. The van der Waals surface area contributed by atoms with E-state index in [0.717, 1.165) is 13.8 Å². The number of aliphatic hydroxyl groups excluding tert-OH is 20. The number of ether oxygens (including phenoxy) is 13. The van der Waals surface area contributed by atoms with E-state index < -0.39 is 266 Å². The van der Waals surface area contributed by atoms with Crippen molar-refractivity contribution in [3.05, 3.63) is 0 Å². The van der Waals surface area contributed by atoms with Gasteiger partial charge in [-0.15, -0.1) is 0 Å². The topological polar surface area (TPSA) is 583 Å². The SMILES string of the molecule is CC(=O)N[C@H]1[C@H](O[C@H]2[C@@H](O)[C@@H](CO)O[C@@H](O[C@H]3[C@H](O)[C@@H](CO)O[C@@H](O[C@H]4[C@@H](O)[C@@H](CO)O[C@@H](O[C@H]5[C@H](O)[C@@H](O)[C@H](O)O[C@@H]5CO)[C@@H]4O)[C@@H]3NC(C)=O)[C@@H]2O)O[C@H](CO)[C@@H](O[C@@H]2O[C@@H](C)[C@@H](O)[C@@H](O)[C@@H]2O)[C@@H]1O[C@@H]1O[C@H](CO)[C@H](O)[C@H](O)[C@H]1O. The minimum atomic E-state index is -2.36. The highest BCUT2D eigenvalue weighted by Crippen LogP contribution is 2.39. The van der Waals surface area contributed by atoms with E-state index in [9.17, 15) is 112 Å². The van der Waals surface area contributed by atoms with Crippen LogP contribution in [0.15, 0.2) is 0 Å². The van der Waals surface area contributed by atoms with E-state index in [1.54, 1.807) is 0 Å². The Morgan fingerprint density at radius 2 is 0.639 bits per heavy atom. The number of hydrogen-bond donors (Lipinski definition) is 22. The maximum Gasteiger partial charge on any atom is 0.217 e. The van der Waals surface area contributed by atoms with Gasteiger partial charge >= 0.3 is 0 Å². The zero-order chi connectivity index (χ0) is 61.2. The summed E-state index contributed by atoms with van der Waals surface area (Å²) in [4.78, 5) is 26.0. The van der Waals surface area contributed by atoms with E-state index >= 15 is 0 Å². The Hall–Kier alpha value is -2.38. The first kappa shape index (κ1) is 68.1. The molecule has 7 fully saturated rings. The highest BCUT2D eigenvalue weighted by molar-refractivity contribution is 5.73. The van der Waals surface area contributed by atoms with Gasteiger partial charge in [0.1, 0.15) is 165 Å². The van der Waals surface area contributed by atoms with Gasteiger partial charge < -0.3 is 174 Å². The van der Waals surface area contributed by atoms with Crippen LogP contribution in [0.4, 0.5) is 0 Å². The third kappa shape index (κ3) is 14.5. The lowest BCUT2D eigenvalue weighted by molar-refractivity contribution is -0.392. The normalized spacial score (nSPS) is 50.8. The minimum absolute atomic E-state index is 0.914. The van der Waals surface area contributed by atoms with Crippen LogP contribution < -0.4 is 10.6 Å². The monoisotopic (exact) mass is 1220 g/mol. The summed E-state index contributed by atoms with van der Waals surface area (Å²) in [5, 5.41) is 221. The third-order valence-electron chi connectivity index (χ3n) is 15.3. The fourth-order valence-electron chi connectivity index (χ4n) is 10.7. The molecular weight excluding hydrogens is 1140 g/mol. The fourth-order valence-corrected chi connectivity index (χ4v) is 10.7. The molecule has 7 aliphatic rings. The van der Waals surface area contributed by atoms with Crippen molar-refractivity contribution < 1.29 is 173 Å². The number of aliphatic hydroxyl groups is 20. The van der Waals surface area contributed by atoms with Crippen LogP contribution in [0, 0.1) is 0 Å². The van der Waals surface area contributed by atoms with Gasteiger partial charge in [0, 0.05) is 13.8 Å². The zero-order valence-electron chi connectivity index (χ0n) is 44.5. The quantitative estimate of drug-likeness (QED) is 0.0538. The van der Waals surface area contributed by atoms with Crippen molar-refractivity contribution in [2.75, 3.05) is 39.6 Å². The van der Waals surface area contributed by atoms with Crippen molar-refractivity contribution in [3.63, 3.8) is 0 Å². The molecule has 37 nitrogen and oxygen atoms in total. The predicted octanol–water partition coefficient (Wildman–Crippen LogP) is -15.0. The highest BCUT2D eigenvalue weighted by atomic mass is 16.8. The summed E-state index contributed by atoms with van der Waals surface area (Å²) in [5.41, 5.74) is 0. The molecule has 2 amide bonds. The van der Waals surface area contributed by atoms with Gasteiger partial charge in [0.05, 0.1) is 45.7 Å². The minimum Gasteiger partial charge on any atom is -0.394 e. The smallest absolute Gasteiger partial charge is 0.217 e. The van der Waals surface area contributed by atoms with Crippen molar-refractivity contribution >= 4 is 11.8 Å². The molecule has 7 rings (SSSR count). The summed E-state index contributed by atoms with van der Waals surface area (Å²) in [6.45, 7) is -2.95. The molecular formula is C46H78N2O35. The molecule has 35 atom stereocenters. The van der Waals surface area contributed by atoms with Gasteiger partial charge in [0.2, 0.25) is 11.8 Å². The van der Waals surface area contributed by atoms with E-state index in [-0.39, 0.29) is 0 Å². The molecule has 7 saturated heterocycles. The molecule has 0 unspecified atom stereocenters. The third-order valence-corrected chi connectivity index (χ3v) is 15.3. The van der Waals surface area contributed by atoms with Crippen molar-refractivity contribution in [2.45, 2.75) is 236 Å². The van der Waals surface area contributed by atoms with Gasteiger partial charge in [-0.3, -0.25) is 9.59 Å². The lowest BCUT2D eigenvalue weighted by Crippen LogP contribution is -2.72. The van der Waals surface area contributed by atoms with Gasteiger partial charge in [-0.25, -0.2) is 0 Å². The maximum atomic E-state index is 13.1. The van der Waals surface area contributed by atoms with Crippen LogP contribution in [0.1, 0.15) is 20.8 Å². The summed E-state index contributed by atoms with van der Waals surface area (Å²) in [5.74, 6) is -1.83. The summed E-state index contributed by atoms with van der Waals surface area (Å²) in [6.07, 6.45) is -64.3. The highest BCUT2D eigenvalue weighted by Gasteiger charge is 2.60. The first-order chi connectivity index (χ1) is 39.2. The molecule has 0 radical (unpaired) electrons. The molecule has 7 aliphatic heterocycles. The summed E-state index contributed by atoms with van der Waals surface area (Å²) in [6, 6.07) is -3.76. The zero-order valence-corrected chi connectivity index (χ0v) is 44.5. The second-order valence-corrected chi connectivity index (χ2v) is 21.0. The molecule has 7 heterocycles. The molecule has 0 saturated carbocycles. The lowest BCUT2D eigenvalue weighted by atomic mass is 9.93. The summed E-state index contributed by atoms with van der Waals surface area (Å²) >= 11 is 0. The molecule has 22 N–H and O–H groups in total. The molecule has 83 heavy (non-hydrogen) atoms. The Morgan fingerprint density at radius 1 is 0.313 bits per heavy atom. The molecule has 0 aromatic heterocycles. The standard InChI is InChI=1S/C46H78N2O35/c1-10-21(57)26(62)30(66)43(71-10)79-35-18(9-54)77-42(20(48-12(3)56)37(35)81-44-31(67)27(63)22(58)13(4-49)74-44)83-39-25(61)16(7-52)76-46(33(39)69)80-36-19(47-11(2)55)41(73-14(5-50)23(36)59)82-38-24(60)15(6-51)75-45(32(38)68)78-34-17(8-53)72-40(70)29(65)28(34)64/h10,13-46,49-54,57-70H,4-9H2,1-3H3,(H,47,55)(H,48,56)/t10-,13+,14+,15+,16+,17+,18+,19+,20+,21+,22-,23+,24-,25-,26+,27-,28+,29+,30-,31+,32+,33+,34+,35+,36+,37+,38-,39-,40+,41-,42-,43-,44-,45-,46-/m0/s1. The Kier molecular flexibility index (Phi) is 24.0. The lowest BCUT2D eigenvalue weighted by Gasteiger charge is -2.52. The Labute approximate surface area is 470 Å². The van der Waals surface area contributed by atoms with E-state index in [4.69, 9.17) is 61.6 Å². The molecule has 0 aliphatic carbocycles. The van der Waals surface area contributed by atoms with Gasteiger partial charge in [-0.2, -0.15) is 0 Å². The largest absolute Gasteiger partial charge is 0.394 e. The first-order valence-corrected chi connectivity index (χ1v) is 26.5. The van der Waals surface area contributed by atoms with Gasteiger partial charge in [-0.1, -0.05) is 0 Å². The molecule has 0 spiro atoms. The van der Waals surface area contributed by atoms with Crippen molar-refractivity contribution in [1.29, 1.82) is 0 Å². The van der Waals surface area contributed by atoms with E-state index in [0.29, 0.717) is 0 Å². The van der Waals surface area contributed by atoms with E-state index in [1.807, 2.05) is 0 Å². The Balaban J connectivity index is 1.19. The van der Waals surface area contributed by atoms with E-state index in [1.165, 1.54) is 6.92 Å². The van der Waals surface area contributed by atoms with Crippen molar-refractivity contribution in [1.82, 2.24) is 10.6 Å². The average Bonchev–Trinajstić information content (AvgIpc) is 3.64. The van der Waals surface area contributed by atoms with Crippen LogP contribution in [0.3, 0.4) is 0 Å². The van der Waals surface area contributed by atoms with Crippen molar-refractivity contribution in [3.8, 4) is 0 Å². The number of rotatable bonds is 20. The average molecular weight is 1220 g/mol. The Bertz CT molecular complexity index is 2040. The Morgan fingerprint density at radius 3 is 1.10 bits per heavy atom. The number of amides is 2. The fraction of sp³-hybridized carbons (Fsp3) is 0.957. The van der Waals surface area contributed by atoms with Crippen LogP contribution in [0.25, 0.3) is 0 Å². The summed E-state index contributed by atoms with van der Waals surface area (Å²) in [7, 11) is 0. The van der Waals surface area contributed by atoms with Crippen molar-refractivity contribution in [2.24, 2.45) is 0 Å². The second-order valence-electron chi connectivity index (χ2n) is 21.0. The maximum absolute atomic E-state index is 13.1. The molecule has 0 aromatic carbocycles. The number of hydrogen-bond acceptors (Lipinski definition) is 35. The van der Waals surface area contributed by atoms with Crippen LogP contribution >= 0.6 is 0 Å². The molecule has 0 bridgehead atoms. The van der Waals surface area contributed by atoms with Gasteiger partial charge in [-0.05, 0) is 6.92 Å².